The van der Waals surface area contributed by atoms with Crippen molar-refractivity contribution in [1.82, 2.24) is 20.3 Å². The molecule has 1 atom stereocenters. The Balaban J connectivity index is 1.71. The molecular formula is C19H22N4O. The highest BCUT2D eigenvalue weighted by Gasteiger charge is 2.18. The Labute approximate surface area is 141 Å². The number of carbonyl (C=O) groups is 1. The molecule has 0 aliphatic carbocycles. The Morgan fingerprint density at radius 1 is 1.17 bits per heavy atom. The summed E-state index contributed by atoms with van der Waals surface area (Å²) in [6.07, 6.45) is 3.84. The zero-order chi connectivity index (χ0) is 16.9. The number of aromatic nitrogens is 3. The second-order valence-electron chi connectivity index (χ2n) is 6.36. The van der Waals surface area contributed by atoms with Crippen LogP contribution >= 0.6 is 0 Å². The summed E-state index contributed by atoms with van der Waals surface area (Å²) in [4.78, 5) is 12.5. The third kappa shape index (κ3) is 3.79. The van der Waals surface area contributed by atoms with E-state index in [2.05, 4.69) is 47.7 Å². The maximum atomic E-state index is 12.5. The van der Waals surface area contributed by atoms with E-state index in [0.717, 1.165) is 16.3 Å². The van der Waals surface area contributed by atoms with Crippen LogP contribution in [-0.2, 0) is 17.8 Å². The van der Waals surface area contributed by atoms with Gasteiger partial charge in [-0.1, -0.05) is 61.5 Å². The largest absolute Gasteiger partial charge is 0.351 e. The van der Waals surface area contributed by atoms with Gasteiger partial charge in [-0.05, 0) is 22.3 Å². The van der Waals surface area contributed by atoms with Crippen molar-refractivity contribution < 1.29 is 4.79 Å². The summed E-state index contributed by atoms with van der Waals surface area (Å²) in [6, 6.07) is 14.3. The first kappa shape index (κ1) is 16.2. The zero-order valence-electron chi connectivity index (χ0n) is 14.0. The van der Waals surface area contributed by atoms with Crippen molar-refractivity contribution in [1.29, 1.82) is 0 Å². The number of hydrogen-bond acceptors (Lipinski definition) is 3. The summed E-state index contributed by atoms with van der Waals surface area (Å²) in [5.41, 5.74) is 1.05. The van der Waals surface area contributed by atoms with Crippen LogP contribution in [0, 0.1) is 5.92 Å². The van der Waals surface area contributed by atoms with Gasteiger partial charge in [0.25, 0.3) is 0 Å². The van der Waals surface area contributed by atoms with E-state index in [1.165, 1.54) is 0 Å². The fraction of sp³-hybridized carbons (Fsp3) is 0.316. The lowest BCUT2D eigenvalue weighted by Gasteiger charge is -2.22. The second-order valence-corrected chi connectivity index (χ2v) is 6.36. The fourth-order valence-corrected chi connectivity index (χ4v) is 2.83. The van der Waals surface area contributed by atoms with Crippen molar-refractivity contribution in [3.05, 3.63) is 60.4 Å². The van der Waals surface area contributed by atoms with E-state index in [1.807, 2.05) is 30.5 Å². The minimum absolute atomic E-state index is 0.0224. The Hall–Kier alpha value is -2.69. The number of nitrogens with one attached hydrogen (secondary N) is 1. The van der Waals surface area contributed by atoms with Gasteiger partial charge in [0, 0.05) is 6.20 Å². The average Bonchev–Trinajstić information content (AvgIpc) is 3.07. The fourth-order valence-electron chi connectivity index (χ4n) is 2.83. The maximum Gasteiger partial charge on any atom is 0.224 e. The number of benzene rings is 2. The summed E-state index contributed by atoms with van der Waals surface area (Å²) in [5.74, 6) is 0.343. The molecule has 5 heteroatoms. The lowest BCUT2D eigenvalue weighted by atomic mass is 10.0. The van der Waals surface area contributed by atoms with Gasteiger partial charge >= 0.3 is 0 Å². The molecule has 1 amide bonds. The third-order valence-electron chi connectivity index (χ3n) is 4.24. The standard InChI is InChI=1S/C19H22N4O/c1-14(2)18(13-23-11-10-20-22-23)21-19(24)12-16-8-5-7-15-6-3-4-9-17(15)16/h3-11,14,18H,12-13H2,1-2H3,(H,21,24)/t18-/m1/s1. The van der Waals surface area contributed by atoms with Crippen molar-refractivity contribution >= 4 is 16.7 Å². The van der Waals surface area contributed by atoms with Gasteiger partial charge < -0.3 is 5.32 Å². The highest BCUT2D eigenvalue weighted by molar-refractivity contribution is 5.90. The smallest absolute Gasteiger partial charge is 0.224 e. The van der Waals surface area contributed by atoms with Gasteiger partial charge in [0.1, 0.15) is 0 Å². The molecule has 0 saturated carbocycles. The number of fused-ring (bicyclic) bond motifs is 1. The van der Waals surface area contributed by atoms with E-state index < -0.39 is 0 Å². The molecule has 0 bridgehead atoms. The minimum Gasteiger partial charge on any atom is -0.351 e. The molecule has 2 aromatic carbocycles. The van der Waals surface area contributed by atoms with Gasteiger partial charge in [0.2, 0.25) is 5.91 Å². The monoisotopic (exact) mass is 322 g/mol. The normalized spacial score (nSPS) is 12.5. The number of nitrogens with zero attached hydrogens (tertiary/aromatic N) is 3. The molecule has 0 unspecified atom stereocenters. The van der Waals surface area contributed by atoms with Gasteiger partial charge in [-0.3, -0.25) is 9.48 Å². The lowest BCUT2D eigenvalue weighted by Crippen LogP contribution is -2.42. The summed E-state index contributed by atoms with van der Waals surface area (Å²) in [7, 11) is 0. The molecule has 24 heavy (non-hydrogen) atoms. The van der Waals surface area contributed by atoms with Crippen molar-refractivity contribution in [3.8, 4) is 0 Å². The van der Waals surface area contributed by atoms with Crippen LogP contribution in [0.2, 0.25) is 0 Å². The molecule has 124 valence electrons. The van der Waals surface area contributed by atoms with Crippen molar-refractivity contribution in [3.63, 3.8) is 0 Å². The topological polar surface area (TPSA) is 59.8 Å². The summed E-state index contributed by atoms with van der Waals surface area (Å²) >= 11 is 0. The van der Waals surface area contributed by atoms with E-state index in [1.54, 1.807) is 10.9 Å². The predicted octanol–water partition coefficient (Wildman–Crippen LogP) is 2.81. The van der Waals surface area contributed by atoms with Crippen LogP contribution < -0.4 is 5.32 Å². The summed E-state index contributed by atoms with van der Waals surface area (Å²) < 4.78 is 1.75. The number of hydrogen-bond donors (Lipinski definition) is 1. The molecule has 0 aliphatic heterocycles. The molecule has 0 fully saturated rings. The van der Waals surface area contributed by atoms with Gasteiger partial charge in [-0.25, -0.2) is 0 Å². The first-order valence-corrected chi connectivity index (χ1v) is 8.23. The first-order chi connectivity index (χ1) is 11.6. The molecule has 3 aromatic rings. The molecule has 3 rings (SSSR count). The summed E-state index contributed by atoms with van der Waals surface area (Å²) in [5, 5.41) is 13.2. The van der Waals surface area contributed by atoms with Crippen LogP contribution in [0.4, 0.5) is 0 Å². The molecule has 1 aromatic heterocycles. The van der Waals surface area contributed by atoms with Crippen LogP contribution in [0.25, 0.3) is 10.8 Å². The van der Waals surface area contributed by atoms with Crippen LogP contribution in [0.3, 0.4) is 0 Å². The van der Waals surface area contributed by atoms with Gasteiger partial charge in [-0.2, -0.15) is 0 Å². The molecular weight excluding hydrogens is 300 g/mol. The third-order valence-corrected chi connectivity index (χ3v) is 4.24. The van der Waals surface area contributed by atoms with Gasteiger partial charge in [0.05, 0.1) is 25.2 Å². The Bertz CT molecular complexity index is 806. The Morgan fingerprint density at radius 2 is 1.96 bits per heavy atom. The number of rotatable bonds is 6. The van der Waals surface area contributed by atoms with Crippen LogP contribution in [0.1, 0.15) is 19.4 Å². The van der Waals surface area contributed by atoms with Crippen LogP contribution in [0.15, 0.2) is 54.9 Å². The maximum absolute atomic E-state index is 12.5. The van der Waals surface area contributed by atoms with E-state index >= 15 is 0 Å². The number of amides is 1. The Morgan fingerprint density at radius 3 is 2.71 bits per heavy atom. The van der Waals surface area contributed by atoms with Crippen molar-refractivity contribution in [2.45, 2.75) is 32.9 Å². The van der Waals surface area contributed by atoms with Crippen molar-refractivity contribution in [2.75, 3.05) is 0 Å². The first-order valence-electron chi connectivity index (χ1n) is 8.23. The van der Waals surface area contributed by atoms with E-state index in [-0.39, 0.29) is 11.9 Å². The van der Waals surface area contributed by atoms with Crippen molar-refractivity contribution in [2.24, 2.45) is 5.92 Å². The van der Waals surface area contributed by atoms with Crippen LogP contribution in [-0.4, -0.2) is 26.9 Å². The van der Waals surface area contributed by atoms with Gasteiger partial charge in [-0.15, -0.1) is 5.10 Å². The Kier molecular flexibility index (Phi) is 4.89. The number of carbonyl (C=O) groups excluding carboxylic acids is 1. The van der Waals surface area contributed by atoms with E-state index in [0.29, 0.717) is 18.9 Å². The highest BCUT2D eigenvalue weighted by atomic mass is 16.1. The lowest BCUT2D eigenvalue weighted by molar-refractivity contribution is -0.121. The molecule has 1 heterocycles. The van der Waals surface area contributed by atoms with E-state index in [9.17, 15) is 4.79 Å². The highest BCUT2D eigenvalue weighted by Crippen LogP contribution is 2.19. The van der Waals surface area contributed by atoms with Crippen LogP contribution in [0.5, 0.6) is 0 Å². The second kappa shape index (κ2) is 7.25. The summed E-state index contributed by atoms with van der Waals surface area (Å²) in [6.45, 7) is 4.82. The molecule has 0 spiro atoms. The SMILES string of the molecule is CC(C)[C@@H](Cn1ccnn1)NC(=O)Cc1cccc2ccccc12. The molecule has 0 saturated heterocycles. The van der Waals surface area contributed by atoms with Gasteiger partial charge in [0.15, 0.2) is 0 Å². The molecule has 0 radical (unpaired) electrons. The molecule has 0 aliphatic rings. The zero-order valence-corrected chi connectivity index (χ0v) is 14.0. The minimum atomic E-state index is 0.0224. The average molecular weight is 322 g/mol. The molecule has 5 nitrogen and oxygen atoms in total. The van der Waals surface area contributed by atoms with E-state index in [4.69, 9.17) is 0 Å². The quantitative estimate of drug-likeness (QED) is 0.759. The molecule has 1 N–H and O–H groups in total. The predicted molar refractivity (Wildman–Crippen MR) is 94.4 cm³/mol.